The zero-order valence-corrected chi connectivity index (χ0v) is 12.0. The molecule has 1 aromatic rings. The highest BCUT2D eigenvalue weighted by atomic mass is 16.7. The normalized spacial score (nSPS) is 21.5. The van der Waals surface area contributed by atoms with Gasteiger partial charge >= 0.3 is 0 Å². The molecule has 3 heteroatoms. The highest BCUT2D eigenvalue weighted by Gasteiger charge is 2.31. The van der Waals surface area contributed by atoms with E-state index < -0.39 is 5.79 Å². The van der Waals surface area contributed by atoms with Crippen molar-refractivity contribution in [2.24, 2.45) is 0 Å². The number of ether oxygens (including phenoxy) is 3. The first kappa shape index (κ1) is 14.4. The summed E-state index contributed by atoms with van der Waals surface area (Å²) in [4.78, 5) is 0. The first-order valence-electron chi connectivity index (χ1n) is 6.88. The first-order chi connectivity index (χ1) is 9.09. The van der Waals surface area contributed by atoms with Crippen molar-refractivity contribution in [3.63, 3.8) is 0 Å². The van der Waals surface area contributed by atoms with Gasteiger partial charge in [0.15, 0.2) is 5.79 Å². The minimum Gasteiger partial charge on any atom is -0.497 e. The predicted molar refractivity (Wildman–Crippen MR) is 75.2 cm³/mol. The maximum Gasteiger partial charge on any atom is 0.163 e. The number of benzene rings is 1. The second-order valence-corrected chi connectivity index (χ2v) is 5.36. The Morgan fingerprint density at radius 1 is 1.32 bits per heavy atom. The fourth-order valence-corrected chi connectivity index (χ4v) is 2.26. The lowest BCUT2D eigenvalue weighted by Crippen LogP contribution is -2.21. The van der Waals surface area contributed by atoms with Crippen LogP contribution in [0.2, 0.25) is 0 Å². The van der Waals surface area contributed by atoms with Crippen LogP contribution in [0.1, 0.15) is 38.7 Å². The molecular formula is C16H23O3. The van der Waals surface area contributed by atoms with E-state index in [1.807, 2.05) is 26.0 Å². The molecule has 1 aromatic carbocycles. The minimum atomic E-state index is -0.398. The van der Waals surface area contributed by atoms with Gasteiger partial charge in [0.2, 0.25) is 0 Å². The molecule has 1 aliphatic heterocycles. The Balaban J connectivity index is 1.64. The molecule has 1 fully saturated rings. The summed E-state index contributed by atoms with van der Waals surface area (Å²) in [7, 11) is 1.68. The van der Waals surface area contributed by atoms with Crippen LogP contribution < -0.4 is 4.74 Å². The summed E-state index contributed by atoms with van der Waals surface area (Å²) in [6.45, 7) is 4.66. The SMILES string of the molecule is COc1ccc([CH]CCCC2COC(C)(C)O2)cc1. The van der Waals surface area contributed by atoms with Gasteiger partial charge in [0.1, 0.15) is 5.75 Å². The van der Waals surface area contributed by atoms with Gasteiger partial charge in [-0.2, -0.15) is 0 Å². The molecule has 3 nitrogen and oxygen atoms in total. The summed E-state index contributed by atoms with van der Waals surface area (Å²) in [5.41, 5.74) is 1.24. The summed E-state index contributed by atoms with van der Waals surface area (Å²) in [5.74, 6) is 0.501. The zero-order chi connectivity index (χ0) is 13.7. The molecule has 1 radical (unpaired) electrons. The van der Waals surface area contributed by atoms with Crippen LogP contribution >= 0.6 is 0 Å². The summed E-state index contributed by atoms with van der Waals surface area (Å²) in [6, 6.07) is 8.14. The molecule has 0 amide bonds. The predicted octanol–water partition coefficient (Wildman–Crippen LogP) is 3.57. The molecule has 19 heavy (non-hydrogen) atoms. The quantitative estimate of drug-likeness (QED) is 0.734. The average Bonchev–Trinajstić information content (AvgIpc) is 2.75. The van der Waals surface area contributed by atoms with Crippen LogP contribution in [0.15, 0.2) is 24.3 Å². The molecule has 0 N–H and O–H groups in total. The van der Waals surface area contributed by atoms with Crippen molar-refractivity contribution < 1.29 is 14.2 Å². The molecule has 1 heterocycles. The molecule has 0 aliphatic carbocycles. The van der Waals surface area contributed by atoms with Gasteiger partial charge in [-0.3, -0.25) is 0 Å². The third kappa shape index (κ3) is 4.51. The van der Waals surface area contributed by atoms with Crippen molar-refractivity contribution in [1.82, 2.24) is 0 Å². The maximum absolute atomic E-state index is 5.78. The second-order valence-electron chi connectivity index (χ2n) is 5.36. The van der Waals surface area contributed by atoms with E-state index in [1.54, 1.807) is 7.11 Å². The molecule has 105 valence electrons. The third-order valence-electron chi connectivity index (χ3n) is 3.29. The van der Waals surface area contributed by atoms with Gasteiger partial charge in [-0.05, 0) is 50.8 Å². The Morgan fingerprint density at radius 3 is 2.63 bits per heavy atom. The number of hydrogen-bond acceptors (Lipinski definition) is 3. The topological polar surface area (TPSA) is 27.7 Å². The lowest BCUT2D eigenvalue weighted by Gasteiger charge is -2.16. The Morgan fingerprint density at radius 2 is 2.05 bits per heavy atom. The molecule has 0 aromatic heterocycles. The first-order valence-corrected chi connectivity index (χ1v) is 6.88. The van der Waals surface area contributed by atoms with Crippen molar-refractivity contribution in [2.75, 3.05) is 13.7 Å². The third-order valence-corrected chi connectivity index (χ3v) is 3.29. The maximum atomic E-state index is 5.78. The summed E-state index contributed by atoms with van der Waals surface area (Å²) in [5, 5.41) is 0. The van der Waals surface area contributed by atoms with Crippen LogP contribution in [-0.4, -0.2) is 25.6 Å². The van der Waals surface area contributed by atoms with E-state index >= 15 is 0 Å². The van der Waals surface area contributed by atoms with Gasteiger partial charge in [0.25, 0.3) is 0 Å². The van der Waals surface area contributed by atoms with E-state index in [2.05, 4.69) is 18.6 Å². The van der Waals surface area contributed by atoms with Crippen LogP contribution in [0.25, 0.3) is 0 Å². The Hall–Kier alpha value is -1.06. The largest absolute Gasteiger partial charge is 0.497 e. The fraction of sp³-hybridized carbons (Fsp3) is 0.562. The van der Waals surface area contributed by atoms with E-state index in [9.17, 15) is 0 Å². The van der Waals surface area contributed by atoms with Crippen molar-refractivity contribution in [2.45, 2.75) is 45.0 Å². The van der Waals surface area contributed by atoms with Crippen LogP contribution in [0.5, 0.6) is 5.75 Å². The van der Waals surface area contributed by atoms with E-state index in [0.29, 0.717) is 0 Å². The van der Waals surface area contributed by atoms with E-state index in [-0.39, 0.29) is 6.10 Å². The van der Waals surface area contributed by atoms with Crippen molar-refractivity contribution in [3.05, 3.63) is 36.2 Å². The van der Waals surface area contributed by atoms with Crippen molar-refractivity contribution in [1.29, 1.82) is 0 Å². The Kier molecular flexibility index (Phi) is 4.83. The molecule has 1 atom stereocenters. The monoisotopic (exact) mass is 263 g/mol. The molecule has 0 bridgehead atoms. The van der Waals surface area contributed by atoms with E-state index in [0.717, 1.165) is 31.6 Å². The standard InChI is InChI=1S/C16H23O3/c1-16(2)18-12-15(19-16)7-5-4-6-13-8-10-14(17-3)11-9-13/h6,8-11,15H,4-5,7,12H2,1-3H3. The highest BCUT2D eigenvalue weighted by molar-refractivity contribution is 5.30. The average molecular weight is 263 g/mol. The number of rotatable bonds is 6. The molecule has 0 spiro atoms. The Labute approximate surface area is 115 Å². The zero-order valence-electron chi connectivity index (χ0n) is 12.0. The number of hydrogen-bond donors (Lipinski definition) is 0. The number of unbranched alkanes of at least 4 members (excludes halogenated alkanes) is 1. The summed E-state index contributed by atoms with van der Waals surface area (Å²) >= 11 is 0. The van der Waals surface area contributed by atoms with Gasteiger partial charge in [0, 0.05) is 0 Å². The molecule has 1 unspecified atom stereocenters. The lowest BCUT2D eigenvalue weighted by atomic mass is 10.1. The number of methoxy groups -OCH3 is 1. The fourth-order valence-electron chi connectivity index (χ4n) is 2.26. The molecule has 1 aliphatic rings. The smallest absolute Gasteiger partial charge is 0.163 e. The van der Waals surface area contributed by atoms with E-state index in [4.69, 9.17) is 14.2 Å². The van der Waals surface area contributed by atoms with Crippen LogP contribution in [0, 0.1) is 6.42 Å². The second kappa shape index (κ2) is 6.40. The summed E-state index contributed by atoms with van der Waals surface area (Å²) < 4.78 is 16.5. The van der Waals surface area contributed by atoms with Gasteiger partial charge in [-0.25, -0.2) is 0 Å². The minimum absolute atomic E-state index is 0.249. The van der Waals surface area contributed by atoms with Crippen LogP contribution in [0.3, 0.4) is 0 Å². The molecule has 1 saturated heterocycles. The van der Waals surface area contributed by atoms with Crippen LogP contribution in [0.4, 0.5) is 0 Å². The molecule has 2 rings (SSSR count). The van der Waals surface area contributed by atoms with Crippen molar-refractivity contribution >= 4 is 0 Å². The van der Waals surface area contributed by atoms with Gasteiger partial charge in [-0.1, -0.05) is 18.6 Å². The molecular weight excluding hydrogens is 240 g/mol. The molecule has 0 saturated carbocycles. The highest BCUT2D eigenvalue weighted by Crippen LogP contribution is 2.25. The van der Waals surface area contributed by atoms with E-state index in [1.165, 1.54) is 5.56 Å². The van der Waals surface area contributed by atoms with Gasteiger partial charge < -0.3 is 14.2 Å². The van der Waals surface area contributed by atoms with Gasteiger partial charge in [-0.15, -0.1) is 0 Å². The van der Waals surface area contributed by atoms with Crippen molar-refractivity contribution in [3.8, 4) is 5.75 Å². The van der Waals surface area contributed by atoms with Crippen LogP contribution in [-0.2, 0) is 9.47 Å². The Bertz CT molecular complexity index is 383. The lowest BCUT2D eigenvalue weighted by molar-refractivity contribution is -0.139. The summed E-state index contributed by atoms with van der Waals surface area (Å²) in [6.07, 6.45) is 5.73. The van der Waals surface area contributed by atoms with Gasteiger partial charge in [0.05, 0.1) is 19.8 Å².